The van der Waals surface area contributed by atoms with Gasteiger partial charge in [0.05, 0.1) is 12.1 Å². The number of nitrogens with two attached hydrogens (primary N) is 1. The van der Waals surface area contributed by atoms with Gasteiger partial charge in [-0.2, -0.15) is 0 Å². The largest absolute Gasteiger partial charge is 0.391 e. The Balaban J connectivity index is 2.59. The van der Waals surface area contributed by atoms with Gasteiger partial charge >= 0.3 is 0 Å². The summed E-state index contributed by atoms with van der Waals surface area (Å²) < 4.78 is 0. The van der Waals surface area contributed by atoms with Gasteiger partial charge in [-0.05, 0) is 51.9 Å². The molecule has 13 nitrogen and oxygen atoms in total. The molecule has 13 heteroatoms. The normalized spacial score (nSPS) is 29.1. The molecule has 266 valence electrons. The predicted octanol–water partition coefficient (Wildman–Crippen LogP) is 0.246. The molecule has 0 spiro atoms. The lowest BCUT2D eigenvalue weighted by Gasteiger charge is -2.37. The fourth-order valence-corrected chi connectivity index (χ4v) is 6.34. The first-order chi connectivity index (χ1) is 22.2. The van der Waals surface area contributed by atoms with Crippen molar-refractivity contribution in [1.82, 2.24) is 31.1 Å². The molecular formula is C34H59N7O6. The van der Waals surface area contributed by atoms with Gasteiger partial charge in [0.25, 0.3) is 0 Å². The average Bonchev–Trinajstić information content (AvgIpc) is 3.03. The SMILES string of the molecule is CCC#CCCN1C[C@@H](C)NC(=O)[C@H]([C@H](C)O)NC(=O)[C@H](CN)NC(=O)[C@H](C2CCCCC2)NC(=O)[C@H](CC(C)C)N(C)C(=O)[C@@H]1C. The molecule has 7 atom stereocenters. The van der Waals surface area contributed by atoms with Crippen LogP contribution in [-0.4, -0.2) is 113 Å². The van der Waals surface area contributed by atoms with Crippen LogP contribution in [0.1, 0.15) is 92.9 Å². The summed E-state index contributed by atoms with van der Waals surface area (Å²) in [5, 5.41) is 21.5. The highest BCUT2D eigenvalue weighted by atomic mass is 16.3. The summed E-state index contributed by atoms with van der Waals surface area (Å²) in [6, 6.07) is -5.50. The second-order valence-corrected chi connectivity index (χ2v) is 13.5. The van der Waals surface area contributed by atoms with Gasteiger partial charge in [0.15, 0.2) is 0 Å². The van der Waals surface area contributed by atoms with Crippen molar-refractivity contribution in [2.75, 3.05) is 26.7 Å². The minimum absolute atomic E-state index is 0.0685. The Morgan fingerprint density at radius 2 is 1.55 bits per heavy atom. The van der Waals surface area contributed by atoms with E-state index in [2.05, 4.69) is 33.1 Å². The Kier molecular flexibility index (Phi) is 16.6. The predicted molar refractivity (Wildman–Crippen MR) is 180 cm³/mol. The molecule has 2 fully saturated rings. The highest BCUT2D eigenvalue weighted by Gasteiger charge is 2.39. The number of aliphatic hydroxyl groups excluding tert-OH is 1. The van der Waals surface area contributed by atoms with Crippen LogP contribution in [0.5, 0.6) is 0 Å². The second kappa shape index (κ2) is 19.6. The number of nitrogens with zero attached hydrogens (tertiary/aromatic N) is 2. The number of aliphatic hydroxyl groups is 1. The van der Waals surface area contributed by atoms with Crippen LogP contribution >= 0.6 is 0 Å². The van der Waals surface area contributed by atoms with Crippen molar-refractivity contribution in [3.05, 3.63) is 0 Å². The average molecular weight is 662 g/mol. The third-order valence-electron chi connectivity index (χ3n) is 9.07. The number of carbonyl (C=O) groups excluding carboxylic acids is 5. The first kappa shape index (κ1) is 40.0. The monoisotopic (exact) mass is 661 g/mol. The molecule has 2 rings (SSSR count). The van der Waals surface area contributed by atoms with Gasteiger partial charge in [0, 0.05) is 45.6 Å². The maximum Gasteiger partial charge on any atom is 0.245 e. The maximum atomic E-state index is 14.1. The van der Waals surface area contributed by atoms with Gasteiger partial charge in [-0.1, -0.05) is 40.0 Å². The Morgan fingerprint density at radius 3 is 2.13 bits per heavy atom. The standard InChI is InChI=1S/C34H59N7O6/c1-8-9-10-14-17-41-20-22(4)36-32(45)28(24(6)42)38-30(43)26(19-35)37-33(46)29(25-15-12-11-13-16-25)39-31(44)27(18-21(2)3)40(7)34(47)23(41)5/h21-29,42H,8,11-20,35H2,1-7H3,(H,36,45)(H,37,46)(H,38,43)(H,39,44)/t22-,23+,24+,26+,27+,28+,29+/m1/s1. The zero-order valence-electron chi connectivity index (χ0n) is 29.4. The zero-order chi connectivity index (χ0) is 35.3. The third kappa shape index (κ3) is 12.1. The molecule has 2 aliphatic rings. The van der Waals surface area contributed by atoms with E-state index < -0.39 is 66.0 Å². The van der Waals surface area contributed by atoms with Gasteiger partial charge in [0.2, 0.25) is 29.5 Å². The molecule has 0 aromatic carbocycles. The molecule has 0 bridgehead atoms. The Morgan fingerprint density at radius 1 is 0.894 bits per heavy atom. The fraction of sp³-hybridized carbons (Fsp3) is 0.794. The molecule has 0 aromatic rings. The molecule has 0 aromatic heterocycles. The van der Waals surface area contributed by atoms with E-state index in [1.807, 2.05) is 25.7 Å². The van der Waals surface area contributed by atoms with Crippen LogP contribution in [-0.2, 0) is 24.0 Å². The first-order valence-corrected chi connectivity index (χ1v) is 17.3. The maximum absolute atomic E-state index is 14.1. The van der Waals surface area contributed by atoms with E-state index in [9.17, 15) is 29.1 Å². The van der Waals surface area contributed by atoms with E-state index in [-0.39, 0.29) is 30.8 Å². The Labute approximate surface area is 280 Å². The van der Waals surface area contributed by atoms with E-state index in [1.54, 1.807) is 20.9 Å². The number of hydrogen-bond acceptors (Lipinski definition) is 8. The second-order valence-electron chi connectivity index (χ2n) is 13.5. The number of hydrogen-bond donors (Lipinski definition) is 6. The number of amides is 5. The minimum atomic E-state index is -1.32. The van der Waals surface area contributed by atoms with Gasteiger partial charge in [0.1, 0.15) is 24.2 Å². The topological polar surface area (TPSA) is 186 Å². The summed E-state index contributed by atoms with van der Waals surface area (Å²) in [5.74, 6) is 3.44. The third-order valence-corrected chi connectivity index (χ3v) is 9.07. The molecule has 0 radical (unpaired) electrons. The fourth-order valence-electron chi connectivity index (χ4n) is 6.34. The summed E-state index contributed by atoms with van der Waals surface area (Å²) in [6.07, 6.45) is 4.59. The van der Waals surface area contributed by atoms with E-state index in [0.717, 1.165) is 32.1 Å². The molecule has 1 heterocycles. The van der Waals surface area contributed by atoms with E-state index in [4.69, 9.17) is 5.73 Å². The van der Waals surface area contributed by atoms with Gasteiger partial charge < -0.3 is 37.0 Å². The summed E-state index contributed by atoms with van der Waals surface area (Å²) in [5.41, 5.74) is 5.92. The van der Waals surface area contributed by atoms with Crippen LogP contribution in [0.4, 0.5) is 0 Å². The quantitative estimate of drug-likeness (QED) is 0.210. The van der Waals surface area contributed by atoms with Crippen molar-refractivity contribution in [3.63, 3.8) is 0 Å². The van der Waals surface area contributed by atoms with Gasteiger partial charge in [-0.15, -0.1) is 11.8 Å². The molecule has 1 aliphatic heterocycles. The van der Waals surface area contributed by atoms with Gasteiger partial charge in [-0.25, -0.2) is 0 Å². The van der Waals surface area contributed by atoms with Crippen LogP contribution in [0, 0.1) is 23.7 Å². The van der Waals surface area contributed by atoms with Crippen molar-refractivity contribution in [2.45, 2.75) is 135 Å². The summed E-state index contributed by atoms with van der Waals surface area (Å²) in [6.45, 7) is 11.3. The lowest BCUT2D eigenvalue weighted by molar-refractivity contribution is -0.144. The van der Waals surface area contributed by atoms with Crippen LogP contribution in [0.3, 0.4) is 0 Å². The van der Waals surface area contributed by atoms with Crippen LogP contribution in [0.2, 0.25) is 0 Å². The van der Waals surface area contributed by atoms with Crippen molar-refractivity contribution < 1.29 is 29.1 Å². The first-order valence-electron chi connectivity index (χ1n) is 17.3. The smallest absolute Gasteiger partial charge is 0.245 e. The highest BCUT2D eigenvalue weighted by Crippen LogP contribution is 2.27. The number of carbonyl (C=O) groups is 5. The summed E-state index contributed by atoms with van der Waals surface area (Å²) in [4.78, 5) is 72.0. The molecule has 1 saturated carbocycles. The Bertz CT molecular complexity index is 1130. The van der Waals surface area contributed by atoms with Crippen LogP contribution in [0.25, 0.3) is 0 Å². The zero-order valence-corrected chi connectivity index (χ0v) is 29.4. The van der Waals surface area contributed by atoms with Crippen molar-refractivity contribution in [3.8, 4) is 11.8 Å². The molecule has 47 heavy (non-hydrogen) atoms. The Hall–Kier alpha value is -3.21. The highest BCUT2D eigenvalue weighted by molar-refractivity contribution is 5.96. The summed E-state index contributed by atoms with van der Waals surface area (Å²) >= 11 is 0. The van der Waals surface area contributed by atoms with Crippen LogP contribution < -0.4 is 27.0 Å². The molecule has 0 unspecified atom stereocenters. The van der Waals surface area contributed by atoms with Crippen molar-refractivity contribution in [2.24, 2.45) is 17.6 Å². The summed E-state index contributed by atoms with van der Waals surface area (Å²) in [7, 11) is 1.61. The molecular weight excluding hydrogens is 602 g/mol. The molecule has 1 saturated heterocycles. The minimum Gasteiger partial charge on any atom is -0.391 e. The van der Waals surface area contributed by atoms with Crippen molar-refractivity contribution >= 4 is 29.5 Å². The molecule has 1 aliphatic carbocycles. The van der Waals surface area contributed by atoms with Crippen LogP contribution in [0.15, 0.2) is 0 Å². The van der Waals surface area contributed by atoms with E-state index in [1.165, 1.54) is 11.8 Å². The number of rotatable bonds is 7. The van der Waals surface area contributed by atoms with E-state index in [0.29, 0.717) is 25.8 Å². The van der Waals surface area contributed by atoms with Crippen molar-refractivity contribution in [1.29, 1.82) is 0 Å². The number of nitrogens with one attached hydrogen (secondary N) is 4. The molecule has 5 amide bonds. The molecule has 7 N–H and O–H groups in total. The number of likely N-dealkylation sites (N-methyl/N-ethyl adjacent to an activating group) is 1. The van der Waals surface area contributed by atoms with Gasteiger partial charge in [-0.3, -0.25) is 28.9 Å². The lowest BCUT2D eigenvalue weighted by atomic mass is 9.83. The lowest BCUT2D eigenvalue weighted by Crippen LogP contribution is -2.63. The van der Waals surface area contributed by atoms with E-state index >= 15 is 0 Å².